The summed E-state index contributed by atoms with van der Waals surface area (Å²) in [5.74, 6) is -3.87. The van der Waals surface area contributed by atoms with Crippen LogP contribution in [0, 0.1) is 12.0 Å². The molecule has 1 heterocycles. The number of fused-ring (bicyclic) bond motifs is 2. The minimum Gasteiger partial charge on any atom is -0.744 e. The topological polar surface area (TPSA) is 283 Å². The Balaban J connectivity index is 0.00000360. The molecule has 0 aliphatic heterocycles. The molecule has 0 saturated heterocycles. The van der Waals surface area contributed by atoms with E-state index < -0.39 is 107 Å². The fourth-order valence-electron chi connectivity index (χ4n) is 5.45. The van der Waals surface area contributed by atoms with Crippen LogP contribution in [0.5, 0.6) is 5.75 Å². The summed E-state index contributed by atoms with van der Waals surface area (Å²) in [6.07, 6.45) is -1.43. The molecule has 25 heteroatoms. The molecule has 0 radical (unpaired) electrons. The average Bonchev–Trinajstić information content (AvgIpc) is 3.10. The van der Waals surface area contributed by atoms with Crippen LogP contribution in [0.25, 0.3) is 21.5 Å². The van der Waals surface area contributed by atoms with Gasteiger partial charge in [0.15, 0.2) is 11.6 Å². The Hall–Kier alpha value is -4.15. The predicted molar refractivity (Wildman–Crippen MR) is 186 cm³/mol. The second-order valence-corrected chi connectivity index (χ2v) is 15.7. The SMILES string of the molecule is O=C(Nc1cc(S(=O)(=O)[O-])cc2cc(S(=O)(=O)[O-])c(N=Nc3ccc4c(CNc5nc(F)nc(F)c5Cl)cccc4c3S(=O)(=O)[O-])c(O)c12)c1ccccc1.[Li+].[Na+]. The number of rotatable bonds is 10. The number of aromatic nitrogens is 2. The molecule has 0 fully saturated rings. The largest absolute Gasteiger partial charge is 1.00 e. The third-order valence-electron chi connectivity index (χ3n) is 7.78. The number of anilines is 2. The van der Waals surface area contributed by atoms with Gasteiger partial charge in [0.2, 0.25) is 5.95 Å². The molecule has 3 N–H and O–H groups in total. The first kappa shape index (κ1) is 45.5. The van der Waals surface area contributed by atoms with E-state index in [1.54, 1.807) is 6.07 Å². The van der Waals surface area contributed by atoms with E-state index in [1.807, 2.05) is 0 Å². The predicted octanol–water partition coefficient (Wildman–Crippen LogP) is -0.580. The summed E-state index contributed by atoms with van der Waals surface area (Å²) in [4.78, 5) is 15.9. The summed E-state index contributed by atoms with van der Waals surface area (Å²) < 4.78 is 139. The van der Waals surface area contributed by atoms with Gasteiger partial charge in [0, 0.05) is 22.9 Å². The van der Waals surface area contributed by atoms with Crippen molar-refractivity contribution in [3.63, 3.8) is 0 Å². The first-order valence-electron chi connectivity index (χ1n) is 14.9. The standard InChI is InChI=1S/C32H21ClF2N6O11S3.Li.Na/c33-25-29(34)38-32(35)39-30(25)36-14-16-7-4-8-20-19(16)9-10-21(28(20)55(50,51)52)40-41-26-23(54(47,48)49)12-17-11-18(53(44,45)46)13-22(24(17)27(26)42)37-31(43)15-5-2-1-3-6-15;;/h1-13,42H,14H2,(H,37,43)(H,36,38,39)(H,44,45,46)(H,47,48,49)(H,50,51,52);;/q;2*+1/p-3. The molecule has 0 aliphatic carbocycles. The summed E-state index contributed by atoms with van der Waals surface area (Å²) in [5.41, 5.74) is -2.10. The number of phenolic OH excluding ortho intramolecular Hbond substituents is 1. The molecule has 57 heavy (non-hydrogen) atoms. The molecule has 0 spiro atoms. The van der Waals surface area contributed by atoms with Crippen LogP contribution >= 0.6 is 11.6 Å². The van der Waals surface area contributed by atoms with Crippen LogP contribution in [0.1, 0.15) is 15.9 Å². The van der Waals surface area contributed by atoms with E-state index >= 15 is 0 Å². The molecule has 5 aromatic carbocycles. The maximum atomic E-state index is 13.8. The van der Waals surface area contributed by atoms with E-state index in [0.29, 0.717) is 18.2 Å². The third kappa shape index (κ3) is 9.77. The zero-order valence-corrected chi connectivity index (χ0v) is 34.1. The van der Waals surface area contributed by atoms with Gasteiger partial charge in [0.05, 0.1) is 20.4 Å². The number of halogens is 3. The smallest absolute Gasteiger partial charge is 0.744 e. The van der Waals surface area contributed by atoms with Crippen molar-refractivity contribution >= 4 is 92.3 Å². The normalized spacial score (nSPS) is 12.0. The third-order valence-corrected chi connectivity index (χ3v) is 10.7. The molecular weight excluding hydrogens is 844 g/mol. The van der Waals surface area contributed by atoms with E-state index in [2.05, 4.69) is 30.8 Å². The molecule has 284 valence electrons. The van der Waals surface area contributed by atoms with Gasteiger partial charge < -0.3 is 29.4 Å². The van der Waals surface area contributed by atoms with Crippen LogP contribution in [0.2, 0.25) is 5.02 Å². The Bertz CT molecular complexity index is 2970. The van der Waals surface area contributed by atoms with Crippen LogP contribution in [-0.2, 0) is 36.9 Å². The number of hydrogen-bond donors (Lipinski definition) is 3. The maximum absolute atomic E-state index is 13.8. The Morgan fingerprint density at radius 2 is 1.51 bits per heavy atom. The number of hydrogen-bond acceptors (Lipinski definition) is 16. The summed E-state index contributed by atoms with van der Waals surface area (Å²) in [6.45, 7) is -0.277. The Labute approximate surface area is 360 Å². The first-order valence-corrected chi connectivity index (χ1v) is 19.5. The summed E-state index contributed by atoms with van der Waals surface area (Å²) in [7, 11) is -16.4. The number of nitrogens with one attached hydrogen (secondary N) is 2. The van der Waals surface area contributed by atoms with Crippen LogP contribution in [0.3, 0.4) is 0 Å². The zero-order valence-electron chi connectivity index (χ0n) is 28.9. The quantitative estimate of drug-likeness (QED) is 0.0511. The fourth-order valence-corrected chi connectivity index (χ4v) is 7.59. The van der Waals surface area contributed by atoms with Gasteiger partial charge >= 0.3 is 54.5 Å². The molecule has 0 saturated carbocycles. The summed E-state index contributed by atoms with van der Waals surface area (Å²) in [5, 5.41) is 21.8. The fraction of sp³-hybridized carbons (Fsp3) is 0.0312. The van der Waals surface area contributed by atoms with Gasteiger partial charge in [-0.25, -0.2) is 25.3 Å². The van der Waals surface area contributed by atoms with E-state index in [-0.39, 0.29) is 76.9 Å². The van der Waals surface area contributed by atoms with Crippen molar-refractivity contribution in [2.75, 3.05) is 10.6 Å². The monoisotopic (exact) mass is 861 g/mol. The number of nitrogens with zero attached hydrogens (tertiary/aromatic N) is 4. The van der Waals surface area contributed by atoms with E-state index in [1.165, 1.54) is 48.5 Å². The Morgan fingerprint density at radius 3 is 2.14 bits per heavy atom. The minimum absolute atomic E-state index is 0. The van der Waals surface area contributed by atoms with Crippen molar-refractivity contribution in [1.29, 1.82) is 0 Å². The molecule has 1 aromatic heterocycles. The molecule has 17 nitrogen and oxygen atoms in total. The van der Waals surface area contributed by atoms with E-state index in [9.17, 15) is 57.6 Å². The van der Waals surface area contributed by atoms with Crippen LogP contribution in [0.15, 0.2) is 104 Å². The molecule has 1 amide bonds. The van der Waals surface area contributed by atoms with Crippen molar-refractivity contribution in [3.8, 4) is 5.75 Å². The summed E-state index contributed by atoms with van der Waals surface area (Å²) >= 11 is 5.80. The Kier molecular flexibility index (Phi) is 13.9. The van der Waals surface area contributed by atoms with Gasteiger partial charge in [-0.15, -0.1) is 10.2 Å². The van der Waals surface area contributed by atoms with Gasteiger partial charge in [0.1, 0.15) is 46.8 Å². The van der Waals surface area contributed by atoms with E-state index in [4.69, 9.17) is 11.6 Å². The van der Waals surface area contributed by atoms with Crippen molar-refractivity contribution in [3.05, 3.63) is 107 Å². The Morgan fingerprint density at radius 1 is 0.825 bits per heavy atom. The van der Waals surface area contributed by atoms with Gasteiger partial charge in [-0.2, -0.15) is 18.7 Å². The first-order chi connectivity index (χ1) is 25.7. The number of benzene rings is 5. The number of aromatic hydroxyl groups is 1. The molecular formula is C32H18ClF2LiN6NaO11S3-. The van der Waals surface area contributed by atoms with Crippen molar-refractivity contribution < 1.29 is 106 Å². The number of phenols is 1. The van der Waals surface area contributed by atoms with Crippen molar-refractivity contribution in [2.24, 2.45) is 10.2 Å². The van der Waals surface area contributed by atoms with Crippen LogP contribution in [0.4, 0.5) is 31.7 Å². The molecule has 6 rings (SSSR count). The van der Waals surface area contributed by atoms with Gasteiger partial charge in [-0.3, -0.25) is 4.79 Å². The molecule has 0 unspecified atom stereocenters. The van der Waals surface area contributed by atoms with E-state index in [0.717, 1.165) is 6.07 Å². The minimum atomic E-state index is -5.63. The van der Waals surface area contributed by atoms with Crippen molar-refractivity contribution in [1.82, 2.24) is 9.97 Å². The second-order valence-electron chi connectivity index (χ2n) is 11.2. The second kappa shape index (κ2) is 17.4. The van der Waals surface area contributed by atoms with Gasteiger partial charge in [0.25, 0.3) is 5.91 Å². The van der Waals surface area contributed by atoms with Crippen molar-refractivity contribution in [2.45, 2.75) is 21.2 Å². The zero-order chi connectivity index (χ0) is 40.0. The molecule has 6 aromatic rings. The van der Waals surface area contributed by atoms with Gasteiger partial charge in [-0.05, 0) is 52.7 Å². The molecule has 0 aliphatic rings. The molecule has 0 bridgehead atoms. The number of amides is 1. The van der Waals surface area contributed by atoms with Gasteiger partial charge in [-0.1, -0.05) is 54.1 Å². The maximum Gasteiger partial charge on any atom is 1.00 e. The number of carbonyl (C=O) groups excluding carboxylic acids is 1. The number of carbonyl (C=O) groups is 1. The van der Waals surface area contributed by atoms with Crippen LogP contribution < -0.4 is 59.1 Å². The summed E-state index contributed by atoms with van der Waals surface area (Å²) in [6, 6.07) is 15.4. The number of azo groups is 1. The van der Waals surface area contributed by atoms with Crippen LogP contribution in [-0.4, -0.2) is 59.9 Å². The average molecular weight is 862 g/mol. The molecule has 0 atom stereocenters.